The zero-order valence-electron chi connectivity index (χ0n) is 19.3. The highest BCUT2D eigenvalue weighted by Gasteiger charge is 2.45. The number of aliphatic imine (C=N–C) groups is 1. The lowest BCUT2D eigenvalue weighted by atomic mass is 9.98. The summed E-state index contributed by atoms with van der Waals surface area (Å²) in [5.74, 6) is 0.164. The molecule has 0 aliphatic carbocycles. The second-order valence-electron chi connectivity index (χ2n) is 7.79. The Hall–Kier alpha value is -2.64. The summed E-state index contributed by atoms with van der Waals surface area (Å²) in [5, 5.41) is 30.8. The Labute approximate surface area is 200 Å². The molecule has 0 amide bonds. The molecule has 1 aliphatic rings. The van der Waals surface area contributed by atoms with E-state index in [4.69, 9.17) is 14.2 Å². The minimum Gasteiger partial charge on any atom is -0.497 e. The van der Waals surface area contributed by atoms with Crippen LogP contribution in [0.15, 0.2) is 38.8 Å². The lowest BCUT2D eigenvalue weighted by Gasteiger charge is -2.42. The molecule has 0 saturated carbocycles. The Morgan fingerprint density at radius 2 is 1.88 bits per heavy atom. The molecule has 1 aliphatic heterocycles. The summed E-state index contributed by atoms with van der Waals surface area (Å²) in [5.41, 5.74) is -1.36. The van der Waals surface area contributed by atoms with Gasteiger partial charge in [0.25, 0.3) is 5.56 Å². The molecule has 1 aromatic heterocycles. The quantitative estimate of drug-likeness (QED) is 0.417. The van der Waals surface area contributed by atoms with E-state index < -0.39 is 53.5 Å². The monoisotopic (exact) mass is 495 g/mol. The Balaban J connectivity index is 1.94. The van der Waals surface area contributed by atoms with Crippen molar-refractivity contribution >= 4 is 18.0 Å². The van der Waals surface area contributed by atoms with Crippen LogP contribution in [0.25, 0.3) is 0 Å². The fraction of sp³-hybridized carbons (Fsp3) is 0.500. The van der Waals surface area contributed by atoms with E-state index in [-0.39, 0.29) is 12.2 Å². The summed E-state index contributed by atoms with van der Waals surface area (Å²) >= 11 is 1.30. The summed E-state index contributed by atoms with van der Waals surface area (Å²) < 4.78 is 18.8. The van der Waals surface area contributed by atoms with Gasteiger partial charge in [-0.3, -0.25) is 18.9 Å². The van der Waals surface area contributed by atoms with Crippen LogP contribution in [0.5, 0.6) is 11.6 Å². The maximum absolute atomic E-state index is 12.5. The smallest absolute Gasteiger partial charge is 0.333 e. The summed E-state index contributed by atoms with van der Waals surface area (Å²) in [7, 11) is 4.20. The Bertz CT molecular complexity index is 1130. The lowest BCUT2D eigenvalue weighted by molar-refractivity contribution is -0.184. The van der Waals surface area contributed by atoms with Gasteiger partial charge in [0.2, 0.25) is 5.88 Å². The summed E-state index contributed by atoms with van der Waals surface area (Å²) in [4.78, 5) is 29.0. The SMILES string of the molecule is COc1ccc(CO[C@H]2[C@H](O)[C@@H](CO)O[C@@H](SC)[C@@H]2N=Cc2c(O)n(C)c(=O)n(C)c2=O)cc1. The molecule has 34 heavy (non-hydrogen) atoms. The van der Waals surface area contributed by atoms with Gasteiger partial charge in [-0.15, -0.1) is 11.8 Å². The third-order valence-corrected chi connectivity index (χ3v) is 6.55. The van der Waals surface area contributed by atoms with Crippen LogP contribution < -0.4 is 16.0 Å². The molecule has 3 N–H and O–H groups in total. The van der Waals surface area contributed by atoms with Crippen molar-refractivity contribution in [2.75, 3.05) is 20.0 Å². The number of nitrogens with zero attached hydrogens (tertiary/aromatic N) is 3. The molecule has 0 bridgehead atoms. The van der Waals surface area contributed by atoms with Crippen LogP contribution in [0.1, 0.15) is 11.1 Å². The molecule has 1 aromatic carbocycles. The first-order valence-electron chi connectivity index (χ1n) is 10.5. The first-order valence-corrected chi connectivity index (χ1v) is 11.8. The van der Waals surface area contributed by atoms with Crippen molar-refractivity contribution < 1.29 is 29.5 Å². The van der Waals surface area contributed by atoms with E-state index in [0.29, 0.717) is 5.75 Å². The van der Waals surface area contributed by atoms with Gasteiger partial charge in [-0.05, 0) is 24.0 Å². The zero-order chi connectivity index (χ0) is 25.0. The molecule has 2 aromatic rings. The van der Waals surface area contributed by atoms with Gasteiger partial charge >= 0.3 is 5.69 Å². The van der Waals surface area contributed by atoms with Gasteiger partial charge in [0.15, 0.2) is 0 Å². The number of aromatic nitrogens is 2. The highest BCUT2D eigenvalue weighted by molar-refractivity contribution is 7.99. The van der Waals surface area contributed by atoms with Crippen LogP contribution in [-0.4, -0.2) is 80.4 Å². The van der Waals surface area contributed by atoms with Gasteiger partial charge in [0, 0.05) is 20.3 Å². The van der Waals surface area contributed by atoms with E-state index >= 15 is 0 Å². The second kappa shape index (κ2) is 11.2. The van der Waals surface area contributed by atoms with Crippen LogP contribution in [0.2, 0.25) is 0 Å². The van der Waals surface area contributed by atoms with Crippen LogP contribution >= 0.6 is 11.8 Å². The van der Waals surface area contributed by atoms with Crippen LogP contribution in [-0.2, 0) is 30.2 Å². The van der Waals surface area contributed by atoms with Crippen LogP contribution in [0.3, 0.4) is 0 Å². The number of hydrogen-bond acceptors (Lipinski definition) is 10. The highest BCUT2D eigenvalue weighted by atomic mass is 32.2. The van der Waals surface area contributed by atoms with Gasteiger partial charge in [-0.1, -0.05) is 12.1 Å². The Morgan fingerprint density at radius 3 is 2.47 bits per heavy atom. The molecular weight excluding hydrogens is 466 g/mol. The number of rotatable bonds is 8. The normalized spacial score (nSPS) is 25.1. The molecule has 3 rings (SSSR count). The van der Waals surface area contributed by atoms with Crippen molar-refractivity contribution in [2.45, 2.75) is 36.4 Å². The molecule has 0 radical (unpaired) electrons. The second-order valence-corrected chi connectivity index (χ2v) is 8.72. The van der Waals surface area contributed by atoms with Gasteiger partial charge in [-0.2, -0.15) is 0 Å². The average Bonchev–Trinajstić information content (AvgIpc) is 2.86. The molecule has 1 fully saturated rings. The number of methoxy groups -OCH3 is 1. The Kier molecular flexibility index (Phi) is 8.55. The van der Waals surface area contributed by atoms with Crippen molar-refractivity contribution in [3.63, 3.8) is 0 Å². The van der Waals surface area contributed by atoms with Crippen molar-refractivity contribution in [3.8, 4) is 11.6 Å². The van der Waals surface area contributed by atoms with Crippen LogP contribution in [0.4, 0.5) is 0 Å². The minimum atomic E-state index is -1.20. The van der Waals surface area contributed by atoms with Crippen LogP contribution in [0, 0.1) is 0 Å². The number of benzene rings is 1. The number of aromatic hydroxyl groups is 1. The maximum atomic E-state index is 12.5. The fourth-order valence-electron chi connectivity index (χ4n) is 3.65. The molecule has 5 atom stereocenters. The third-order valence-electron chi connectivity index (χ3n) is 5.70. The summed E-state index contributed by atoms with van der Waals surface area (Å²) in [6.07, 6.45) is -0.0405. The van der Waals surface area contributed by atoms with E-state index in [1.54, 1.807) is 25.5 Å². The molecule has 1 saturated heterocycles. The molecular formula is C22H29N3O8S. The molecule has 186 valence electrons. The molecule has 2 heterocycles. The predicted molar refractivity (Wildman–Crippen MR) is 127 cm³/mol. The lowest BCUT2D eigenvalue weighted by Crippen LogP contribution is -2.57. The topological polar surface area (TPSA) is 145 Å². The number of aliphatic hydroxyl groups excluding tert-OH is 2. The largest absolute Gasteiger partial charge is 0.497 e. The molecule has 11 nitrogen and oxygen atoms in total. The van der Waals surface area contributed by atoms with Gasteiger partial charge < -0.3 is 29.5 Å². The molecule has 12 heteroatoms. The number of ether oxygens (including phenoxy) is 3. The first kappa shape index (κ1) is 26.0. The standard InChI is InChI=1S/C22H29N3O8S/c1-24-19(28)14(20(29)25(2)22(24)30)9-23-16-18(17(27)15(10-26)33-21(16)34-4)32-11-12-5-7-13(31-3)8-6-12/h5-9,15-18,21,26-28H,10-11H2,1-4H3/t15-,16-,17-,18-,21+/m1/s1. The average molecular weight is 496 g/mol. The highest BCUT2D eigenvalue weighted by Crippen LogP contribution is 2.31. The Morgan fingerprint density at radius 1 is 1.21 bits per heavy atom. The van der Waals surface area contributed by atoms with Gasteiger partial charge in [0.1, 0.15) is 41.1 Å². The van der Waals surface area contributed by atoms with Crippen molar-refractivity contribution in [1.82, 2.24) is 9.13 Å². The minimum absolute atomic E-state index is 0.143. The fourth-order valence-corrected chi connectivity index (χ4v) is 4.41. The molecule has 0 spiro atoms. The van der Waals surface area contributed by atoms with E-state index in [1.165, 1.54) is 25.9 Å². The predicted octanol–water partition coefficient (Wildman–Crippen LogP) is -0.388. The number of hydrogen-bond donors (Lipinski definition) is 3. The van der Waals surface area contributed by atoms with Gasteiger partial charge in [-0.25, -0.2) is 4.79 Å². The summed E-state index contributed by atoms with van der Waals surface area (Å²) in [6, 6.07) is 6.44. The number of aliphatic hydroxyl groups is 2. The van der Waals surface area contributed by atoms with E-state index in [0.717, 1.165) is 20.9 Å². The van der Waals surface area contributed by atoms with Crippen molar-refractivity contribution in [1.29, 1.82) is 0 Å². The molecule has 0 unspecified atom stereocenters. The zero-order valence-corrected chi connectivity index (χ0v) is 20.1. The first-order chi connectivity index (χ1) is 16.2. The number of thioether (sulfide) groups is 1. The van der Waals surface area contributed by atoms with Crippen molar-refractivity contribution in [3.05, 3.63) is 56.2 Å². The third kappa shape index (κ3) is 5.20. The summed E-state index contributed by atoms with van der Waals surface area (Å²) in [6.45, 7) is -0.275. The maximum Gasteiger partial charge on any atom is 0.333 e. The van der Waals surface area contributed by atoms with Gasteiger partial charge in [0.05, 0.1) is 20.3 Å². The van der Waals surface area contributed by atoms with E-state index in [1.807, 2.05) is 12.1 Å². The van der Waals surface area contributed by atoms with E-state index in [9.17, 15) is 24.9 Å². The van der Waals surface area contributed by atoms with Crippen molar-refractivity contribution in [2.24, 2.45) is 19.1 Å². The van der Waals surface area contributed by atoms with E-state index in [2.05, 4.69) is 4.99 Å².